The maximum Gasteiger partial charge on any atom is 0.0710 e. The average molecular weight is 258 g/mol. The zero-order valence-corrected chi connectivity index (χ0v) is 12.3. The first-order valence-corrected chi connectivity index (χ1v) is 7.67. The standard InChI is InChI=1S/C17H26N2/c1-3-18-17(16-13-9-10-14(2)19-16)15-11-7-5-4-6-8-12-15/h9-11,13,17-18H,3-8,12H2,1-2H3/b15-11+. The van der Waals surface area contributed by atoms with E-state index in [4.69, 9.17) is 4.98 Å². The van der Waals surface area contributed by atoms with Crippen LogP contribution in [0.4, 0.5) is 0 Å². The van der Waals surface area contributed by atoms with Gasteiger partial charge in [0, 0.05) is 5.69 Å². The molecule has 0 saturated heterocycles. The van der Waals surface area contributed by atoms with Crippen molar-refractivity contribution in [2.24, 2.45) is 0 Å². The number of hydrogen-bond donors (Lipinski definition) is 1. The first kappa shape index (κ1) is 14.3. The van der Waals surface area contributed by atoms with Gasteiger partial charge in [0.1, 0.15) is 0 Å². The van der Waals surface area contributed by atoms with E-state index < -0.39 is 0 Å². The highest BCUT2D eigenvalue weighted by molar-refractivity contribution is 5.24. The molecule has 1 aliphatic carbocycles. The van der Waals surface area contributed by atoms with E-state index in [1.165, 1.54) is 44.2 Å². The molecular formula is C17H26N2. The Balaban J connectivity index is 2.22. The summed E-state index contributed by atoms with van der Waals surface area (Å²) < 4.78 is 0. The number of hydrogen-bond acceptors (Lipinski definition) is 2. The van der Waals surface area contributed by atoms with E-state index in [1.807, 2.05) is 0 Å². The van der Waals surface area contributed by atoms with Crippen LogP contribution >= 0.6 is 0 Å². The highest BCUT2D eigenvalue weighted by Gasteiger charge is 2.17. The minimum atomic E-state index is 0.308. The van der Waals surface area contributed by atoms with Crippen molar-refractivity contribution in [2.75, 3.05) is 6.54 Å². The number of allylic oxidation sites excluding steroid dienone is 1. The summed E-state index contributed by atoms with van der Waals surface area (Å²) in [5.74, 6) is 0. The zero-order valence-electron chi connectivity index (χ0n) is 12.3. The maximum atomic E-state index is 4.72. The van der Waals surface area contributed by atoms with E-state index in [2.05, 4.69) is 43.4 Å². The van der Waals surface area contributed by atoms with Gasteiger partial charge in [0.25, 0.3) is 0 Å². The number of aromatic nitrogens is 1. The van der Waals surface area contributed by atoms with Gasteiger partial charge in [0.15, 0.2) is 0 Å². The van der Waals surface area contributed by atoms with Crippen LogP contribution in [-0.4, -0.2) is 11.5 Å². The molecule has 0 bridgehead atoms. The van der Waals surface area contributed by atoms with Gasteiger partial charge < -0.3 is 5.32 Å². The van der Waals surface area contributed by atoms with Crippen molar-refractivity contribution in [3.63, 3.8) is 0 Å². The van der Waals surface area contributed by atoms with E-state index in [0.717, 1.165) is 12.2 Å². The summed E-state index contributed by atoms with van der Waals surface area (Å²) in [7, 11) is 0. The number of pyridine rings is 1. The fourth-order valence-corrected chi connectivity index (χ4v) is 2.83. The molecular weight excluding hydrogens is 232 g/mol. The Hall–Kier alpha value is -1.15. The van der Waals surface area contributed by atoms with E-state index in [1.54, 1.807) is 5.57 Å². The first-order chi connectivity index (χ1) is 9.31. The zero-order chi connectivity index (χ0) is 13.5. The van der Waals surface area contributed by atoms with Gasteiger partial charge in [-0.2, -0.15) is 0 Å². The van der Waals surface area contributed by atoms with Gasteiger partial charge >= 0.3 is 0 Å². The minimum Gasteiger partial charge on any atom is -0.306 e. The number of aryl methyl sites for hydroxylation is 1. The Morgan fingerprint density at radius 1 is 1.21 bits per heavy atom. The van der Waals surface area contributed by atoms with Gasteiger partial charge in [0.05, 0.1) is 11.7 Å². The first-order valence-electron chi connectivity index (χ1n) is 7.67. The van der Waals surface area contributed by atoms with Crippen molar-refractivity contribution in [3.05, 3.63) is 41.2 Å². The molecule has 1 heterocycles. The monoisotopic (exact) mass is 258 g/mol. The molecule has 1 atom stereocenters. The number of nitrogens with zero attached hydrogens (tertiary/aromatic N) is 1. The maximum absolute atomic E-state index is 4.72. The Bertz CT molecular complexity index is 423. The summed E-state index contributed by atoms with van der Waals surface area (Å²) in [6, 6.07) is 6.65. The summed E-state index contributed by atoms with van der Waals surface area (Å²) in [4.78, 5) is 4.72. The van der Waals surface area contributed by atoms with Crippen LogP contribution in [0.2, 0.25) is 0 Å². The molecule has 1 aromatic heterocycles. The van der Waals surface area contributed by atoms with Crippen molar-refractivity contribution in [1.29, 1.82) is 0 Å². The molecule has 0 spiro atoms. The minimum absolute atomic E-state index is 0.308. The lowest BCUT2D eigenvalue weighted by Crippen LogP contribution is -2.24. The second kappa shape index (κ2) is 7.44. The average Bonchev–Trinajstić information content (AvgIpc) is 2.36. The summed E-state index contributed by atoms with van der Waals surface area (Å²) >= 11 is 0. The van der Waals surface area contributed by atoms with Crippen LogP contribution < -0.4 is 5.32 Å². The molecule has 2 nitrogen and oxygen atoms in total. The van der Waals surface area contributed by atoms with E-state index in [9.17, 15) is 0 Å². The van der Waals surface area contributed by atoms with Crippen molar-refractivity contribution in [2.45, 2.75) is 58.4 Å². The third-order valence-electron chi connectivity index (χ3n) is 3.81. The van der Waals surface area contributed by atoms with Crippen molar-refractivity contribution >= 4 is 0 Å². The topological polar surface area (TPSA) is 24.9 Å². The van der Waals surface area contributed by atoms with E-state index in [0.29, 0.717) is 6.04 Å². The lowest BCUT2D eigenvalue weighted by molar-refractivity contribution is 0.545. The van der Waals surface area contributed by atoms with Gasteiger partial charge in [-0.25, -0.2) is 0 Å². The molecule has 2 heteroatoms. The number of rotatable bonds is 4. The molecule has 1 aromatic rings. The van der Waals surface area contributed by atoms with Crippen LogP contribution in [-0.2, 0) is 0 Å². The van der Waals surface area contributed by atoms with Crippen molar-refractivity contribution in [1.82, 2.24) is 10.3 Å². The fraction of sp³-hybridized carbons (Fsp3) is 0.588. The molecule has 0 saturated carbocycles. The van der Waals surface area contributed by atoms with Gasteiger partial charge in [-0.3, -0.25) is 4.98 Å². The Morgan fingerprint density at radius 3 is 2.84 bits per heavy atom. The van der Waals surface area contributed by atoms with E-state index in [-0.39, 0.29) is 0 Å². The van der Waals surface area contributed by atoms with Crippen LogP contribution in [0.15, 0.2) is 29.8 Å². The smallest absolute Gasteiger partial charge is 0.0710 e. The fourth-order valence-electron chi connectivity index (χ4n) is 2.83. The SMILES string of the molecule is CCNC(/C1=C/CCCCCC1)c1cccc(C)n1. The normalized spacial score (nSPS) is 21.1. The number of likely N-dealkylation sites (N-methyl/N-ethyl adjacent to an activating group) is 1. The molecule has 19 heavy (non-hydrogen) atoms. The lowest BCUT2D eigenvalue weighted by Gasteiger charge is -2.23. The van der Waals surface area contributed by atoms with Crippen molar-refractivity contribution < 1.29 is 0 Å². The Kier molecular flexibility index (Phi) is 5.59. The highest BCUT2D eigenvalue weighted by Crippen LogP contribution is 2.27. The second-order valence-corrected chi connectivity index (χ2v) is 5.43. The highest BCUT2D eigenvalue weighted by atomic mass is 14.9. The summed E-state index contributed by atoms with van der Waals surface area (Å²) in [5.41, 5.74) is 3.82. The quantitative estimate of drug-likeness (QED) is 0.813. The van der Waals surface area contributed by atoms with Crippen LogP contribution in [0.25, 0.3) is 0 Å². The molecule has 0 amide bonds. The third kappa shape index (κ3) is 4.17. The molecule has 1 N–H and O–H groups in total. The largest absolute Gasteiger partial charge is 0.306 e. The molecule has 104 valence electrons. The summed E-state index contributed by atoms with van der Waals surface area (Å²) in [6.45, 7) is 5.23. The van der Waals surface area contributed by atoms with Crippen LogP contribution in [0.3, 0.4) is 0 Å². The molecule has 0 radical (unpaired) electrons. The van der Waals surface area contributed by atoms with Gasteiger partial charge in [-0.1, -0.05) is 37.5 Å². The molecule has 1 unspecified atom stereocenters. The molecule has 0 fully saturated rings. The molecule has 0 aliphatic heterocycles. The molecule has 1 aliphatic rings. The second-order valence-electron chi connectivity index (χ2n) is 5.43. The van der Waals surface area contributed by atoms with Gasteiger partial charge in [-0.15, -0.1) is 0 Å². The van der Waals surface area contributed by atoms with Crippen LogP contribution in [0.5, 0.6) is 0 Å². The molecule has 0 aromatic carbocycles. The van der Waals surface area contributed by atoms with Crippen LogP contribution in [0, 0.1) is 6.92 Å². The predicted molar refractivity (Wildman–Crippen MR) is 81.2 cm³/mol. The lowest BCUT2D eigenvalue weighted by atomic mass is 9.93. The predicted octanol–water partition coefficient (Wildman–Crippen LogP) is 4.32. The molecule has 2 rings (SSSR count). The van der Waals surface area contributed by atoms with Gasteiger partial charge in [-0.05, 0) is 51.3 Å². The van der Waals surface area contributed by atoms with Gasteiger partial charge in [0.2, 0.25) is 0 Å². The van der Waals surface area contributed by atoms with Crippen molar-refractivity contribution in [3.8, 4) is 0 Å². The van der Waals surface area contributed by atoms with E-state index >= 15 is 0 Å². The summed E-state index contributed by atoms with van der Waals surface area (Å²) in [5, 5.41) is 3.61. The Morgan fingerprint density at radius 2 is 2.05 bits per heavy atom. The Labute approximate surface area is 117 Å². The third-order valence-corrected chi connectivity index (χ3v) is 3.81. The summed E-state index contributed by atoms with van der Waals surface area (Å²) in [6.07, 6.45) is 10.3. The van der Waals surface area contributed by atoms with Crippen LogP contribution in [0.1, 0.15) is 62.9 Å². The number of nitrogens with one attached hydrogen (secondary N) is 1.